The van der Waals surface area contributed by atoms with Crippen LogP contribution in [0.5, 0.6) is 0 Å². The van der Waals surface area contributed by atoms with Crippen molar-refractivity contribution in [3.8, 4) is 11.3 Å². The van der Waals surface area contributed by atoms with Gasteiger partial charge in [0, 0.05) is 24.6 Å². The lowest BCUT2D eigenvalue weighted by Crippen LogP contribution is -2.51. The summed E-state index contributed by atoms with van der Waals surface area (Å²) >= 11 is 0. The number of nitrogens with one attached hydrogen (secondary N) is 3. The minimum atomic E-state index is -0.552. The van der Waals surface area contributed by atoms with Crippen LogP contribution in [0, 0.1) is 13.8 Å². The summed E-state index contributed by atoms with van der Waals surface area (Å²) in [7, 11) is 0. The van der Waals surface area contributed by atoms with E-state index in [0.717, 1.165) is 22.4 Å². The lowest BCUT2D eigenvalue weighted by molar-refractivity contribution is -0.123. The maximum Gasteiger partial charge on any atom is 0.324 e. The summed E-state index contributed by atoms with van der Waals surface area (Å²) in [6.45, 7) is 4.13. The van der Waals surface area contributed by atoms with Gasteiger partial charge in [0.2, 0.25) is 11.8 Å². The molecule has 1 saturated heterocycles. The molecule has 1 aromatic heterocycles. The largest absolute Gasteiger partial charge is 0.324 e. The summed E-state index contributed by atoms with van der Waals surface area (Å²) in [5, 5.41) is 11.8. The molecule has 8 nitrogen and oxygen atoms in total. The number of aromatic nitrogens is 2. The lowest BCUT2D eigenvalue weighted by atomic mass is 10.1. The summed E-state index contributed by atoms with van der Waals surface area (Å²) in [6, 6.07) is 7.33. The van der Waals surface area contributed by atoms with Gasteiger partial charge in [-0.15, -0.1) is 0 Å². The van der Waals surface area contributed by atoms with E-state index in [-0.39, 0.29) is 31.3 Å². The maximum atomic E-state index is 12.1. The SMILES string of the molecule is Cc1cc(C)cc(-c2cc(NC(=O)CN3CCC(=O)NC3=O)n[nH]2)c1. The van der Waals surface area contributed by atoms with Crippen molar-refractivity contribution in [2.45, 2.75) is 20.3 Å². The van der Waals surface area contributed by atoms with Gasteiger partial charge in [0.25, 0.3) is 0 Å². The molecule has 0 radical (unpaired) electrons. The van der Waals surface area contributed by atoms with Crippen LogP contribution in [0.3, 0.4) is 0 Å². The Labute approximate surface area is 144 Å². The molecule has 1 aliphatic rings. The van der Waals surface area contributed by atoms with Gasteiger partial charge >= 0.3 is 6.03 Å². The van der Waals surface area contributed by atoms with Gasteiger partial charge < -0.3 is 10.2 Å². The molecule has 3 rings (SSSR count). The van der Waals surface area contributed by atoms with Gasteiger partial charge in [0.05, 0.1) is 5.69 Å². The van der Waals surface area contributed by atoms with E-state index < -0.39 is 6.03 Å². The van der Waals surface area contributed by atoms with Crippen LogP contribution in [0.15, 0.2) is 24.3 Å². The molecule has 1 aliphatic heterocycles. The van der Waals surface area contributed by atoms with Crippen LogP contribution >= 0.6 is 0 Å². The highest BCUT2D eigenvalue weighted by Crippen LogP contribution is 2.22. The first-order valence-electron chi connectivity index (χ1n) is 7.93. The summed E-state index contributed by atoms with van der Waals surface area (Å²) in [4.78, 5) is 36.1. The van der Waals surface area contributed by atoms with E-state index in [9.17, 15) is 14.4 Å². The molecule has 4 amide bonds. The first-order valence-corrected chi connectivity index (χ1v) is 7.93. The van der Waals surface area contributed by atoms with E-state index in [4.69, 9.17) is 0 Å². The summed E-state index contributed by atoms with van der Waals surface area (Å²) in [6.07, 6.45) is 0.193. The zero-order chi connectivity index (χ0) is 18.0. The van der Waals surface area contributed by atoms with Crippen molar-refractivity contribution < 1.29 is 14.4 Å². The number of urea groups is 1. The Balaban J connectivity index is 1.64. The standard InChI is InChI=1S/C17H19N5O3/c1-10-5-11(2)7-12(6-10)13-8-14(21-20-13)18-16(24)9-22-4-3-15(23)19-17(22)25/h5-8H,3-4,9H2,1-2H3,(H,19,23,25)(H2,18,20,21,24). The Bertz CT molecular complexity index is 822. The molecule has 0 saturated carbocycles. The lowest BCUT2D eigenvalue weighted by Gasteiger charge is -2.25. The Morgan fingerprint density at radius 2 is 1.92 bits per heavy atom. The first-order chi connectivity index (χ1) is 11.9. The van der Waals surface area contributed by atoms with Crippen molar-refractivity contribution in [1.82, 2.24) is 20.4 Å². The highest BCUT2D eigenvalue weighted by molar-refractivity contribution is 5.99. The van der Waals surface area contributed by atoms with Crippen molar-refractivity contribution in [3.05, 3.63) is 35.4 Å². The molecule has 0 atom stereocenters. The maximum absolute atomic E-state index is 12.1. The van der Waals surface area contributed by atoms with Crippen LogP contribution in [0.4, 0.5) is 10.6 Å². The van der Waals surface area contributed by atoms with Gasteiger partial charge in [-0.25, -0.2) is 4.79 Å². The normalized spacial score (nSPS) is 14.4. The number of anilines is 1. The average Bonchev–Trinajstić information content (AvgIpc) is 2.97. The molecule has 25 heavy (non-hydrogen) atoms. The minimum Gasteiger partial charge on any atom is -0.315 e. The summed E-state index contributed by atoms with van der Waals surface area (Å²) < 4.78 is 0. The zero-order valence-corrected chi connectivity index (χ0v) is 14.0. The van der Waals surface area contributed by atoms with Crippen LogP contribution in [-0.2, 0) is 9.59 Å². The second-order valence-electron chi connectivity index (χ2n) is 6.12. The number of hydrogen-bond donors (Lipinski definition) is 3. The highest BCUT2D eigenvalue weighted by Gasteiger charge is 2.24. The van der Waals surface area contributed by atoms with E-state index in [2.05, 4.69) is 26.9 Å². The first kappa shape index (κ1) is 16.7. The van der Waals surface area contributed by atoms with Crippen LogP contribution in [-0.4, -0.2) is 46.0 Å². The third-order valence-corrected chi connectivity index (χ3v) is 3.85. The van der Waals surface area contributed by atoms with Gasteiger partial charge in [0.1, 0.15) is 6.54 Å². The van der Waals surface area contributed by atoms with Crippen molar-refractivity contribution in [1.29, 1.82) is 0 Å². The Morgan fingerprint density at radius 1 is 1.20 bits per heavy atom. The number of rotatable bonds is 4. The molecule has 0 unspecified atom stereocenters. The van der Waals surface area contributed by atoms with Crippen molar-refractivity contribution in [2.24, 2.45) is 0 Å². The van der Waals surface area contributed by atoms with Crippen molar-refractivity contribution in [2.75, 3.05) is 18.4 Å². The molecule has 130 valence electrons. The van der Waals surface area contributed by atoms with Gasteiger partial charge in [-0.2, -0.15) is 5.10 Å². The second kappa shape index (κ2) is 6.76. The number of hydrogen-bond acceptors (Lipinski definition) is 4. The summed E-state index contributed by atoms with van der Waals surface area (Å²) in [5.74, 6) is -0.317. The molecule has 1 aromatic carbocycles. The minimum absolute atomic E-state index is 0.134. The molecule has 8 heteroatoms. The number of benzene rings is 1. The third kappa shape index (κ3) is 4.03. The number of imide groups is 1. The number of H-pyrrole nitrogens is 1. The molecule has 0 aliphatic carbocycles. The summed E-state index contributed by atoms with van der Waals surface area (Å²) in [5.41, 5.74) is 4.06. The molecule has 1 fully saturated rings. The van der Waals surface area contributed by atoms with E-state index in [1.165, 1.54) is 4.90 Å². The van der Waals surface area contributed by atoms with E-state index in [0.29, 0.717) is 5.82 Å². The smallest absolute Gasteiger partial charge is 0.315 e. The number of carbonyl (C=O) groups is 3. The van der Waals surface area contributed by atoms with Crippen molar-refractivity contribution >= 4 is 23.7 Å². The molecule has 0 spiro atoms. The van der Waals surface area contributed by atoms with Crippen LogP contribution < -0.4 is 10.6 Å². The van der Waals surface area contributed by atoms with Crippen LogP contribution in [0.2, 0.25) is 0 Å². The molecular formula is C17H19N5O3. The molecule has 0 bridgehead atoms. The Morgan fingerprint density at radius 3 is 2.60 bits per heavy atom. The van der Waals surface area contributed by atoms with Gasteiger partial charge in [-0.3, -0.25) is 20.0 Å². The topological polar surface area (TPSA) is 107 Å². The number of amides is 4. The van der Waals surface area contributed by atoms with E-state index in [1.54, 1.807) is 6.07 Å². The molecule has 3 N–H and O–H groups in total. The van der Waals surface area contributed by atoms with E-state index in [1.807, 2.05) is 26.0 Å². The van der Waals surface area contributed by atoms with E-state index >= 15 is 0 Å². The fourth-order valence-corrected chi connectivity index (χ4v) is 2.77. The molecule has 2 heterocycles. The monoisotopic (exact) mass is 341 g/mol. The zero-order valence-electron chi connectivity index (χ0n) is 14.0. The predicted octanol–water partition coefficient (Wildman–Crippen LogP) is 1.57. The second-order valence-corrected chi connectivity index (χ2v) is 6.12. The van der Waals surface area contributed by atoms with Crippen LogP contribution in [0.1, 0.15) is 17.5 Å². The molecular weight excluding hydrogens is 322 g/mol. The Hall–Kier alpha value is -3.16. The van der Waals surface area contributed by atoms with Crippen molar-refractivity contribution in [3.63, 3.8) is 0 Å². The van der Waals surface area contributed by atoms with Gasteiger partial charge in [-0.1, -0.05) is 17.2 Å². The third-order valence-electron chi connectivity index (χ3n) is 3.85. The number of aromatic amines is 1. The fraction of sp³-hybridized carbons (Fsp3) is 0.294. The average molecular weight is 341 g/mol. The predicted molar refractivity (Wildman–Crippen MR) is 91.9 cm³/mol. The molecule has 2 aromatic rings. The van der Waals surface area contributed by atoms with Gasteiger partial charge in [-0.05, 0) is 26.0 Å². The number of aryl methyl sites for hydroxylation is 2. The fourth-order valence-electron chi connectivity index (χ4n) is 2.77. The van der Waals surface area contributed by atoms with Crippen LogP contribution in [0.25, 0.3) is 11.3 Å². The number of carbonyl (C=O) groups excluding carboxylic acids is 3. The quantitative estimate of drug-likeness (QED) is 0.784. The number of nitrogens with zero attached hydrogens (tertiary/aromatic N) is 2. The van der Waals surface area contributed by atoms with Gasteiger partial charge in [0.15, 0.2) is 5.82 Å². The Kier molecular flexibility index (Phi) is 4.51. The highest BCUT2D eigenvalue weighted by atomic mass is 16.2.